The van der Waals surface area contributed by atoms with Crippen molar-refractivity contribution in [3.05, 3.63) is 48.1 Å². The van der Waals surface area contributed by atoms with Crippen LogP contribution < -0.4 is 10.6 Å². The molecule has 8 heteroatoms. The molecule has 0 bridgehead atoms. The highest BCUT2D eigenvalue weighted by molar-refractivity contribution is 5.93. The van der Waals surface area contributed by atoms with E-state index < -0.39 is 0 Å². The summed E-state index contributed by atoms with van der Waals surface area (Å²) in [5.41, 5.74) is 0.312. The zero-order valence-electron chi connectivity index (χ0n) is 16.3. The SMILES string of the molecule is CCCC1(NC(=O)c2ccnc(C)n2)CCCC(NC(=O)c2cnccn2)C1. The van der Waals surface area contributed by atoms with Crippen LogP contribution in [0.5, 0.6) is 0 Å². The molecule has 1 fully saturated rings. The monoisotopic (exact) mass is 382 g/mol. The van der Waals surface area contributed by atoms with Gasteiger partial charge in [0.2, 0.25) is 0 Å². The van der Waals surface area contributed by atoms with Crippen molar-refractivity contribution < 1.29 is 9.59 Å². The van der Waals surface area contributed by atoms with Crippen molar-refractivity contribution >= 4 is 11.8 Å². The van der Waals surface area contributed by atoms with Crippen LogP contribution in [0.4, 0.5) is 0 Å². The van der Waals surface area contributed by atoms with Gasteiger partial charge in [0.1, 0.15) is 17.2 Å². The summed E-state index contributed by atoms with van der Waals surface area (Å²) in [7, 11) is 0. The number of nitrogens with one attached hydrogen (secondary N) is 2. The molecule has 1 saturated carbocycles. The van der Waals surface area contributed by atoms with Gasteiger partial charge in [0.05, 0.1) is 6.20 Å². The van der Waals surface area contributed by atoms with E-state index in [2.05, 4.69) is 37.5 Å². The molecule has 1 aliphatic carbocycles. The first-order valence-corrected chi connectivity index (χ1v) is 9.70. The lowest BCUT2D eigenvalue weighted by atomic mass is 9.76. The van der Waals surface area contributed by atoms with Crippen molar-refractivity contribution in [2.45, 2.75) is 64.0 Å². The molecule has 2 unspecified atom stereocenters. The van der Waals surface area contributed by atoms with Gasteiger partial charge >= 0.3 is 0 Å². The van der Waals surface area contributed by atoms with Crippen molar-refractivity contribution in [2.75, 3.05) is 0 Å². The molecule has 0 aromatic carbocycles. The fraction of sp³-hybridized carbons (Fsp3) is 0.500. The summed E-state index contributed by atoms with van der Waals surface area (Å²) in [4.78, 5) is 41.5. The molecule has 3 rings (SSSR count). The van der Waals surface area contributed by atoms with Gasteiger partial charge in [0, 0.05) is 30.2 Å². The van der Waals surface area contributed by atoms with E-state index in [0.717, 1.165) is 32.1 Å². The lowest BCUT2D eigenvalue weighted by Crippen LogP contribution is -2.55. The molecule has 0 saturated heterocycles. The standard InChI is InChI=1S/C20H26N6O2/c1-3-7-20(26-19(28)16-6-9-22-14(2)24-16)8-4-5-15(12-20)25-18(27)17-13-21-10-11-23-17/h6,9-11,13,15H,3-5,7-8,12H2,1-2H3,(H,25,27)(H,26,28). The number of rotatable bonds is 6. The lowest BCUT2D eigenvalue weighted by molar-refractivity contribution is 0.0812. The van der Waals surface area contributed by atoms with Crippen LogP contribution in [0.2, 0.25) is 0 Å². The average Bonchev–Trinajstić information content (AvgIpc) is 2.69. The Labute approximate surface area is 164 Å². The molecular weight excluding hydrogens is 356 g/mol. The van der Waals surface area contributed by atoms with Crippen LogP contribution in [0.25, 0.3) is 0 Å². The lowest BCUT2D eigenvalue weighted by Gasteiger charge is -2.42. The second-order valence-electron chi connectivity index (χ2n) is 7.33. The topological polar surface area (TPSA) is 110 Å². The Morgan fingerprint density at radius 2 is 2.04 bits per heavy atom. The van der Waals surface area contributed by atoms with E-state index in [1.54, 1.807) is 19.2 Å². The van der Waals surface area contributed by atoms with Gasteiger partial charge in [-0.3, -0.25) is 14.6 Å². The minimum atomic E-state index is -0.358. The number of carbonyl (C=O) groups is 2. The molecule has 0 radical (unpaired) electrons. The predicted molar refractivity (Wildman–Crippen MR) is 104 cm³/mol. The van der Waals surface area contributed by atoms with E-state index in [1.807, 2.05) is 0 Å². The van der Waals surface area contributed by atoms with E-state index in [4.69, 9.17) is 0 Å². The van der Waals surface area contributed by atoms with Crippen LogP contribution in [-0.2, 0) is 0 Å². The predicted octanol–water partition coefficient (Wildman–Crippen LogP) is 2.22. The summed E-state index contributed by atoms with van der Waals surface area (Å²) in [6.07, 6.45) is 11.2. The van der Waals surface area contributed by atoms with Gasteiger partial charge in [-0.2, -0.15) is 0 Å². The summed E-state index contributed by atoms with van der Waals surface area (Å²) in [6, 6.07) is 1.60. The van der Waals surface area contributed by atoms with Crippen LogP contribution >= 0.6 is 0 Å². The van der Waals surface area contributed by atoms with Gasteiger partial charge in [-0.25, -0.2) is 15.0 Å². The Morgan fingerprint density at radius 3 is 2.75 bits per heavy atom. The van der Waals surface area contributed by atoms with E-state index in [1.165, 1.54) is 18.6 Å². The third kappa shape index (κ3) is 4.88. The van der Waals surface area contributed by atoms with Crippen molar-refractivity contribution in [3.63, 3.8) is 0 Å². The number of nitrogens with zero attached hydrogens (tertiary/aromatic N) is 4. The molecular formula is C20H26N6O2. The third-order valence-electron chi connectivity index (χ3n) is 5.09. The number of hydrogen-bond donors (Lipinski definition) is 2. The first kappa shape index (κ1) is 19.9. The zero-order chi connectivity index (χ0) is 20.0. The Morgan fingerprint density at radius 1 is 1.18 bits per heavy atom. The van der Waals surface area contributed by atoms with Gasteiger partial charge < -0.3 is 10.6 Å². The van der Waals surface area contributed by atoms with Crippen molar-refractivity contribution in [1.29, 1.82) is 0 Å². The molecule has 2 atom stereocenters. The van der Waals surface area contributed by atoms with Crippen LogP contribution in [-0.4, -0.2) is 43.3 Å². The summed E-state index contributed by atoms with van der Waals surface area (Å²) in [5.74, 6) is 0.137. The van der Waals surface area contributed by atoms with Crippen LogP contribution in [0, 0.1) is 6.92 Å². The summed E-state index contributed by atoms with van der Waals surface area (Å²) < 4.78 is 0. The van der Waals surface area contributed by atoms with Crippen LogP contribution in [0.1, 0.15) is 72.3 Å². The van der Waals surface area contributed by atoms with Gasteiger partial charge in [0.15, 0.2) is 0 Å². The Balaban J connectivity index is 1.71. The van der Waals surface area contributed by atoms with Crippen molar-refractivity contribution in [1.82, 2.24) is 30.6 Å². The third-order valence-corrected chi connectivity index (χ3v) is 5.09. The minimum absolute atomic E-state index is 0.0257. The molecule has 1 aliphatic rings. The highest BCUT2D eigenvalue weighted by Gasteiger charge is 2.38. The first-order chi connectivity index (χ1) is 13.5. The fourth-order valence-electron chi connectivity index (χ4n) is 3.93. The van der Waals surface area contributed by atoms with Gasteiger partial charge in [0.25, 0.3) is 11.8 Å². The van der Waals surface area contributed by atoms with Crippen molar-refractivity contribution in [3.8, 4) is 0 Å². The number of aryl methyl sites for hydroxylation is 1. The first-order valence-electron chi connectivity index (χ1n) is 9.70. The second-order valence-corrected chi connectivity index (χ2v) is 7.33. The number of aromatic nitrogens is 4. The Hall–Kier alpha value is -2.90. The molecule has 2 aromatic heterocycles. The maximum atomic E-state index is 12.8. The maximum Gasteiger partial charge on any atom is 0.271 e. The highest BCUT2D eigenvalue weighted by Crippen LogP contribution is 2.33. The number of amides is 2. The zero-order valence-corrected chi connectivity index (χ0v) is 16.3. The van der Waals surface area contributed by atoms with E-state index >= 15 is 0 Å². The molecule has 2 amide bonds. The molecule has 8 nitrogen and oxygen atoms in total. The molecule has 2 aromatic rings. The highest BCUT2D eigenvalue weighted by atomic mass is 16.2. The second kappa shape index (κ2) is 8.86. The maximum absolute atomic E-state index is 12.8. The molecule has 2 N–H and O–H groups in total. The number of hydrogen-bond acceptors (Lipinski definition) is 6. The van der Waals surface area contributed by atoms with Crippen LogP contribution in [0.3, 0.4) is 0 Å². The average molecular weight is 382 g/mol. The normalized spacial score (nSPS) is 21.7. The van der Waals surface area contributed by atoms with Crippen LogP contribution in [0.15, 0.2) is 30.9 Å². The summed E-state index contributed by atoms with van der Waals surface area (Å²) in [6.45, 7) is 3.86. The summed E-state index contributed by atoms with van der Waals surface area (Å²) in [5, 5.41) is 6.26. The summed E-state index contributed by atoms with van der Waals surface area (Å²) >= 11 is 0. The smallest absolute Gasteiger partial charge is 0.271 e. The van der Waals surface area contributed by atoms with Gasteiger partial charge in [-0.05, 0) is 45.1 Å². The largest absolute Gasteiger partial charge is 0.348 e. The Kier molecular flexibility index (Phi) is 6.28. The van der Waals surface area contributed by atoms with E-state index in [0.29, 0.717) is 23.6 Å². The molecule has 2 heterocycles. The quantitative estimate of drug-likeness (QED) is 0.793. The molecule has 28 heavy (non-hydrogen) atoms. The molecule has 148 valence electrons. The van der Waals surface area contributed by atoms with Gasteiger partial charge in [-0.15, -0.1) is 0 Å². The van der Waals surface area contributed by atoms with E-state index in [9.17, 15) is 9.59 Å². The molecule has 0 aliphatic heterocycles. The number of carbonyl (C=O) groups excluding carboxylic acids is 2. The van der Waals surface area contributed by atoms with Gasteiger partial charge in [-0.1, -0.05) is 13.3 Å². The fourth-order valence-corrected chi connectivity index (χ4v) is 3.93. The minimum Gasteiger partial charge on any atom is -0.348 e. The van der Waals surface area contributed by atoms with E-state index in [-0.39, 0.29) is 23.4 Å². The Bertz CT molecular complexity index is 824. The molecule has 0 spiro atoms. The van der Waals surface area contributed by atoms with Crippen molar-refractivity contribution in [2.24, 2.45) is 0 Å².